The van der Waals surface area contributed by atoms with Crippen LogP contribution in [0.1, 0.15) is 24.2 Å². The van der Waals surface area contributed by atoms with Gasteiger partial charge < -0.3 is 10.7 Å². The second kappa shape index (κ2) is 5.94. The number of rotatable bonds is 5. The Kier molecular flexibility index (Phi) is 4.90. The van der Waals surface area contributed by atoms with Crippen molar-refractivity contribution in [2.75, 3.05) is 18.2 Å². The van der Waals surface area contributed by atoms with Gasteiger partial charge in [-0.2, -0.15) is 0 Å². The minimum Gasteiger partial charge on any atom is -0.350 e. The monoisotopic (exact) mass is 321 g/mol. The first-order valence-electron chi connectivity index (χ1n) is 5.93. The molecule has 0 unspecified atom stereocenters. The quantitative estimate of drug-likeness (QED) is 0.550. The average molecular weight is 321 g/mol. The summed E-state index contributed by atoms with van der Waals surface area (Å²) in [6, 6.07) is 1.61. The second-order valence-corrected chi connectivity index (χ2v) is 7.82. The molecule has 21 heavy (non-hydrogen) atoms. The van der Waals surface area contributed by atoms with Crippen LogP contribution >= 0.6 is 0 Å². The number of carbonyl (C=O) groups is 1. The molecule has 0 radical (unpaired) electrons. The largest absolute Gasteiger partial charge is 0.350 e. The average Bonchev–Trinajstić information content (AvgIpc) is 2.34. The van der Waals surface area contributed by atoms with E-state index in [2.05, 4.69) is 5.32 Å². The maximum absolute atomic E-state index is 13.5. The van der Waals surface area contributed by atoms with Gasteiger partial charge in [0, 0.05) is 18.4 Å². The number of sulfone groups is 1. The maximum atomic E-state index is 13.5. The van der Waals surface area contributed by atoms with Crippen LogP contribution < -0.4 is 16.6 Å². The van der Waals surface area contributed by atoms with Crippen LogP contribution in [0, 0.1) is 11.6 Å². The predicted octanol–water partition coefficient (Wildman–Crippen LogP) is 0.803. The summed E-state index contributed by atoms with van der Waals surface area (Å²) >= 11 is 0. The zero-order valence-electron chi connectivity index (χ0n) is 11.8. The molecule has 4 N–H and O–H groups in total. The molecule has 118 valence electrons. The van der Waals surface area contributed by atoms with Crippen molar-refractivity contribution in [3.05, 3.63) is 29.3 Å². The highest BCUT2D eigenvalue weighted by molar-refractivity contribution is 7.92. The molecule has 0 atom stereocenters. The van der Waals surface area contributed by atoms with Gasteiger partial charge in [0.2, 0.25) is 0 Å². The van der Waals surface area contributed by atoms with Gasteiger partial charge in [0.05, 0.1) is 4.75 Å². The number of amides is 1. The molecule has 1 aromatic rings. The van der Waals surface area contributed by atoms with Gasteiger partial charge in [-0.1, -0.05) is 0 Å². The number of nitrogen functional groups attached to an aromatic ring is 1. The predicted molar refractivity (Wildman–Crippen MR) is 75.4 cm³/mol. The third kappa shape index (κ3) is 3.88. The van der Waals surface area contributed by atoms with E-state index in [9.17, 15) is 22.0 Å². The topological polar surface area (TPSA) is 101 Å². The van der Waals surface area contributed by atoms with E-state index in [4.69, 9.17) is 5.84 Å². The number of nitrogens with two attached hydrogens (primary N) is 1. The molecule has 0 fully saturated rings. The Hall–Kier alpha value is -1.74. The van der Waals surface area contributed by atoms with Crippen LogP contribution in [0.5, 0.6) is 0 Å². The first kappa shape index (κ1) is 17.3. The van der Waals surface area contributed by atoms with E-state index < -0.39 is 37.8 Å². The third-order valence-electron chi connectivity index (χ3n) is 3.13. The third-order valence-corrected chi connectivity index (χ3v) is 5.28. The summed E-state index contributed by atoms with van der Waals surface area (Å²) in [4.78, 5) is 11.8. The van der Waals surface area contributed by atoms with Crippen molar-refractivity contribution < 1.29 is 22.0 Å². The molecule has 1 rings (SSSR count). The number of hydrogen-bond acceptors (Lipinski definition) is 5. The lowest BCUT2D eigenvalue weighted by atomic mass is 10.1. The molecule has 0 aromatic heterocycles. The molecule has 1 aromatic carbocycles. The van der Waals surface area contributed by atoms with E-state index in [1.807, 2.05) is 5.43 Å². The lowest BCUT2D eigenvalue weighted by Crippen LogP contribution is -2.43. The number of nitrogens with one attached hydrogen (secondary N) is 2. The summed E-state index contributed by atoms with van der Waals surface area (Å²) in [5, 5.41) is 2.33. The fraction of sp³-hybridized carbons (Fsp3) is 0.417. The molecule has 1 amide bonds. The summed E-state index contributed by atoms with van der Waals surface area (Å²) in [6.45, 7) is 2.68. The lowest BCUT2D eigenvalue weighted by molar-refractivity contribution is 0.0949. The highest BCUT2D eigenvalue weighted by Crippen LogP contribution is 2.20. The van der Waals surface area contributed by atoms with E-state index in [0.29, 0.717) is 0 Å². The van der Waals surface area contributed by atoms with Gasteiger partial charge in [-0.25, -0.2) is 17.2 Å². The summed E-state index contributed by atoms with van der Waals surface area (Å²) in [6.07, 6.45) is 1.04. The van der Waals surface area contributed by atoms with E-state index in [1.54, 1.807) is 0 Å². The first-order chi connectivity index (χ1) is 9.49. The SMILES string of the molecule is CC(C)(CNC(=O)c1cc(F)c(NN)c(F)c1)S(C)(=O)=O. The Bertz CT molecular complexity index is 637. The normalized spacial score (nSPS) is 12.1. The molecule has 6 nitrogen and oxygen atoms in total. The van der Waals surface area contributed by atoms with E-state index in [1.165, 1.54) is 13.8 Å². The maximum Gasteiger partial charge on any atom is 0.251 e. The highest BCUT2D eigenvalue weighted by atomic mass is 32.2. The fourth-order valence-electron chi connectivity index (χ4n) is 1.37. The van der Waals surface area contributed by atoms with Gasteiger partial charge in [-0.3, -0.25) is 10.6 Å². The molecule has 0 aliphatic heterocycles. The van der Waals surface area contributed by atoms with Crippen LogP contribution in [0.4, 0.5) is 14.5 Å². The molecule has 0 heterocycles. The van der Waals surface area contributed by atoms with Gasteiger partial charge >= 0.3 is 0 Å². The molecule has 0 spiro atoms. The molecule has 9 heteroatoms. The van der Waals surface area contributed by atoms with Crippen LogP contribution in [0.2, 0.25) is 0 Å². The highest BCUT2D eigenvalue weighted by Gasteiger charge is 2.30. The minimum atomic E-state index is -3.40. The van der Waals surface area contributed by atoms with Gasteiger partial charge in [0.15, 0.2) is 21.5 Å². The zero-order valence-corrected chi connectivity index (χ0v) is 12.6. The number of benzene rings is 1. The van der Waals surface area contributed by atoms with Gasteiger partial charge in [-0.15, -0.1) is 0 Å². The van der Waals surface area contributed by atoms with Gasteiger partial charge in [0.25, 0.3) is 5.91 Å². The molecular weight excluding hydrogens is 304 g/mol. The smallest absolute Gasteiger partial charge is 0.251 e. The van der Waals surface area contributed by atoms with E-state index in [-0.39, 0.29) is 12.1 Å². The standard InChI is InChI=1S/C12H17F2N3O3S/c1-12(2,21(3,19)20)6-16-11(18)7-4-8(13)10(17-15)9(14)5-7/h4-5,17H,6,15H2,1-3H3,(H,16,18). The van der Waals surface area contributed by atoms with Crippen LogP contribution in [-0.2, 0) is 9.84 Å². The van der Waals surface area contributed by atoms with Crippen LogP contribution in [0.3, 0.4) is 0 Å². The molecule has 0 aliphatic rings. The Balaban J connectivity index is 2.92. The van der Waals surface area contributed by atoms with Crippen LogP contribution in [0.25, 0.3) is 0 Å². The fourth-order valence-corrected chi connectivity index (χ4v) is 1.70. The molecule has 0 aliphatic carbocycles. The van der Waals surface area contributed by atoms with Gasteiger partial charge in [0.1, 0.15) is 5.69 Å². The second-order valence-electron chi connectivity index (χ2n) is 5.17. The lowest BCUT2D eigenvalue weighted by Gasteiger charge is -2.22. The minimum absolute atomic E-state index is 0.190. The Morgan fingerprint density at radius 3 is 2.14 bits per heavy atom. The summed E-state index contributed by atoms with van der Waals surface area (Å²) in [7, 11) is -3.40. The number of halogens is 2. The van der Waals surface area contributed by atoms with E-state index >= 15 is 0 Å². The Morgan fingerprint density at radius 1 is 1.29 bits per heavy atom. The van der Waals surface area contributed by atoms with Crippen molar-refractivity contribution in [3.63, 3.8) is 0 Å². The molecule has 0 saturated heterocycles. The Labute approximate surface area is 121 Å². The van der Waals surface area contributed by atoms with Crippen molar-refractivity contribution in [1.29, 1.82) is 0 Å². The summed E-state index contributed by atoms with van der Waals surface area (Å²) in [5.74, 6) is 2.11. The molecule has 0 bridgehead atoms. The van der Waals surface area contributed by atoms with Crippen molar-refractivity contribution in [2.24, 2.45) is 5.84 Å². The Morgan fingerprint density at radius 2 is 1.76 bits per heavy atom. The van der Waals surface area contributed by atoms with Crippen molar-refractivity contribution >= 4 is 21.4 Å². The molecule has 0 saturated carbocycles. The number of hydrogen-bond donors (Lipinski definition) is 3. The van der Waals surface area contributed by atoms with Crippen LogP contribution in [0.15, 0.2) is 12.1 Å². The number of carbonyl (C=O) groups excluding carboxylic acids is 1. The first-order valence-corrected chi connectivity index (χ1v) is 7.82. The van der Waals surface area contributed by atoms with Crippen LogP contribution in [-0.4, -0.2) is 31.9 Å². The van der Waals surface area contributed by atoms with Crippen molar-refractivity contribution in [3.8, 4) is 0 Å². The summed E-state index contributed by atoms with van der Waals surface area (Å²) in [5.41, 5.74) is 1.02. The zero-order chi connectivity index (χ0) is 16.4. The van der Waals surface area contributed by atoms with Crippen molar-refractivity contribution in [1.82, 2.24) is 5.32 Å². The summed E-state index contributed by atoms with van der Waals surface area (Å²) < 4.78 is 48.8. The van der Waals surface area contributed by atoms with Crippen molar-refractivity contribution in [2.45, 2.75) is 18.6 Å². The number of hydrazine groups is 1. The molecular formula is C12H17F2N3O3S. The van der Waals surface area contributed by atoms with Gasteiger partial charge in [-0.05, 0) is 26.0 Å². The number of anilines is 1. The van der Waals surface area contributed by atoms with E-state index in [0.717, 1.165) is 18.4 Å².